The summed E-state index contributed by atoms with van der Waals surface area (Å²) in [4.78, 5) is 6.91. The average Bonchev–Trinajstić information content (AvgIpc) is 2.71. The highest BCUT2D eigenvalue weighted by atomic mass is 32.2. The summed E-state index contributed by atoms with van der Waals surface area (Å²) in [6.07, 6.45) is 2.23. The van der Waals surface area contributed by atoms with Crippen molar-refractivity contribution in [3.8, 4) is 0 Å². The third-order valence-corrected chi connectivity index (χ3v) is 4.25. The summed E-state index contributed by atoms with van der Waals surface area (Å²) in [6, 6.07) is 9.05. The van der Waals surface area contributed by atoms with Crippen molar-refractivity contribution in [2.75, 3.05) is 0 Å². The molecule has 92 valence electrons. The predicted octanol–water partition coefficient (Wildman–Crippen LogP) is 4.22. The van der Waals surface area contributed by atoms with Crippen molar-refractivity contribution in [2.24, 2.45) is 4.99 Å². The molecule has 2 aliphatic heterocycles. The van der Waals surface area contributed by atoms with Crippen LogP contribution in [0, 0.1) is 6.92 Å². The van der Waals surface area contributed by atoms with Gasteiger partial charge in [0.1, 0.15) is 0 Å². The minimum Gasteiger partial charge on any atom is -0.313 e. The number of aliphatic imine (C=N–C) groups is 1. The first-order chi connectivity index (χ1) is 8.65. The monoisotopic (exact) mass is 256 g/mol. The van der Waals surface area contributed by atoms with E-state index < -0.39 is 0 Å². The molecule has 1 aromatic carbocycles. The second-order valence-electron chi connectivity index (χ2n) is 4.81. The van der Waals surface area contributed by atoms with Gasteiger partial charge < -0.3 is 4.90 Å². The van der Waals surface area contributed by atoms with Gasteiger partial charge in [0.15, 0.2) is 5.17 Å². The number of nitrogens with zero attached hydrogens (tertiary/aromatic N) is 2. The predicted molar refractivity (Wildman–Crippen MR) is 78.3 cm³/mol. The largest absolute Gasteiger partial charge is 0.313 e. The summed E-state index contributed by atoms with van der Waals surface area (Å²) in [5, 5.41) is 3.27. The first kappa shape index (κ1) is 11.6. The molecule has 3 heteroatoms. The van der Waals surface area contributed by atoms with Gasteiger partial charge in [-0.3, -0.25) is 0 Å². The van der Waals surface area contributed by atoms with Gasteiger partial charge in [-0.2, -0.15) is 0 Å². The smallest absolute Gasteiger partial charge is 0.173 e. The Hall–Kier alpha value is -1.48. The molecular weight excluding hydrogens is 240 g/mol. The number of thioether (sulfide) groups is 1. The molecular formula is C15H16N2S. The van der Waals surface area contributed by atoms with Crippen LogP contribution in [0.1, 0.15) is 31.0 Å². The summed E-state index contributed by atoms with van der Waals surface area (Å²) >= 11 is 1.71. The summed E-state index contributed by atoms with van der Waals surface area (Å²) < 4.78 is 0. The first-order valence-corrected chi connectivity index (χ1v) is 6.99. The van der Waals surface area contributed by atoms with E-state index in [0.29, 0.717) is 0 Å². The highest BCUT2D eigenvalue weighted by Crippen LogP contribution is 2.39. The lowest BCUT2D eigenvalue weighted by atomic mass is 10.0. The van der Waals surface area contributed by atoms with Gasteiger partial charge in [-0.05, 0) is 37.8 Å². The van der Waals surface area contributed by atoms with Gasteiger partial charge in [0.2, 0.25) is 0 Å². The molecule has 2 heterocycles. The lowest BCUT2D eigenvalue weighted by Gasteiger charge is -2.32. The van der Waals surface area contributed by atoms with E-state index in [2.05, 4.69) is 66.4 Å². The quantitative estimate of drug-likeness (QED) is 0.747. The van der Waals surface area contributed by atoms with Crippen molar-refractivity contribution in [1.29, 1.82) is 0 Å². The van der Waals surface area contributed by atoms with E-state index in [-0.39, 0.29) is 6.04 Å². The fourth-order valence-electron chi connectivity index (χ4n) is 2.32. The number of rotatable bonds is 1. The highest BCUT2D eigenvalue weighted by molar-refractivity contribution is 8.16. The lowest BCUT2D eigenvalue weighted by molar-refractivity contribution is 0.450. The SMILES string of the molecule is CC1=CC(c2ccc(C)cc2)N2C(C)=CSC2=N1. The molecule has 1 unspecified atom stereocenters. The van der Waals surface area contributed by atoms with Crippen molar-refractivity contribution >= 4 is 16.9 Å². The number of allylic oxidation sites excluding steroid dienone is 2. The van der Waals surface area contributed by atoms with Crippen molar-refractivity contribution in [2.45, 2.75) is 26.8 Å². The molecule has 0 spiro atoms. The second kappa shape index (κ2) is 4.32. The normalized spacial score (nSPS) is 22.3. The summed E-state index contributed by atoms with van der Waals surface area (Å²) in [5.41, 5.74) is 4.99. The fourth-order valence-corrected chi connectivity index (χ4v) is 3.28. The number of hydrogen-bond acceptors (Lipinski definition) is 3. The van der Waals surface area contributed by atoms with Crippen molar-refractivity contribution in [3.05, 3.63) is 58.3 Å². The van der Waals surface area contributed by atoms with Crippen LogP contribution in [0.3, 0.4) is 0 Å². The van der Waals surface area contributed by atoms with Crippen molar-refractivity contribution < 1.29 is 0 Å². The topological polar surface area (TPSA) is 15.6 Å². The van der Waals surface area contributed by atoms with Crippen LogP contribution in [0.15, 0.2) is 52.1 Å². The molecule has 0 saturated carbocycles. The summed E-state index contributed by atoms with van der Waals surface area (Å²) in [5.74, 6) is 0. The van der Waals surface area contributed by atoms with Crippen LogP contribution in [-0.4, -0.2) is 10.1 Å². The van der Waals surface area contributed by atoms with Crippen LogP contribution in [0.5, 0.6) is 0 Å². The Morgan fingerprint density at radius 3 is 2.56 bits per heavy atom. The van der Waals surface area contributed by atoms with Crippen LogP contribution < -0.4 is 0 Å². The Bertz CT molecular complexity index is 567. The van der Waals surface area contributed by atoms with Crippen molar-refractivity contribution in [3.63, 3.8) is 0 Å². The van der Waals surface area contributed by atoms with E-state index in [0.717, 1.165) is 10.9 Å². The van der Waals surface area contributed by atoms with Gasteiger partial charge in [-0.1, -0.05) is 41.6 Å². The standard InChI is InChI=1S/C15H16N2S/c1-10-4-6-13(7-5-10)14-8-11(2)16-15-17(14)12(3)9-18-15/h4-9,14H,1-3H3. The molecule has 0 aliphatic carbocycles. The molecule has 2 aliphatic rings. The fraction of sp³-hybridized carbons (Fsp3) is 0.267. The Morgan fingerprint density at radius 1 is 1.11 bits per heavy atom. The van der Waals surface area contributed by atoms with E-state index >= 15 is 0 Å². The zero-order valence-electron chi connectivity index (χ0n) is 10.8. The van der Waals surface area contributed by atoms with Gasteiger partial charge in [-0.25, -0.2) is 4.99 Å². The van der Waals surface area contributed by atoms with Gasteiger partial charge in [-0.15, -0.1) is 0 Å². The third-order valence-electron chi connectivity index (χ3n) is 3.29. The molecule has 0 amide bonds. The van der Waals surface area contributed by atoms with Gasteiger partial charge in [0.05, 0.1) is 6.04 Å². The number of fused-ring (bicyclic) bond motifs is 1. The Balaban J connectivity index is 2.03. The van der Waals surface area contributed by atoms with Gasteiger partial charge >= 0.3 is 0 Å². The highest BCUT2D eigenvalue weighted by Gasteiger charge is 2.30. The van der Waals surface area contributed by atoms with Crippen LogP contribution >= 0.6 is 11.8 Å². The zero-order chi connectivity index (χ0) is 12.7. The molecule has 2 nitrogen and oxygen atoms in total. The van der Waals surface area contributed by atoms with Crippen LogP contribution in [0.4, 0.5) is 0 Å². The maximum Gasteiger partial charge on any atom is 0.173 e. The number of benzene rings is 1. The van der Waals surface area contributed by atoms with Crippen LogP contribution in [0.2, 0.25) is 0 Å². The molecule has 0 saturated heterocycles. The number of aryl methyl sites for hydroxylation is 1. The van der Waals surface area contributed by atoms with E-state index in [1.807, 2.05) is 0 Å². The molecule has 1 atom stereocenters. The van der Waals surface area contributed by atoms with Crippen LogP contribution in [-0.2, 0) is 0 Å². The maximum atomic E-state index is 4.60. The van der Waals surface area contributed by atoms with Gasteiger partial charge in [0.25, 0.3) is 0 Å². The Labute approximate surface area is 112 Å². The van der Waals surface area contributed by atoms with E-state index in [1.54, 1.807) is 11.8 Å². The second-order valence-corrected chi connectivity index (χ2v) is 5.64. The molecule has 3 rings (SSSR count). The van der Waals surface area contributed by atoms with Crippen LogP contribution in [0.25, 0.3) is 0 Å². The summed E-state index contributed by atoms with van der Waals surface area (Å²) in [6.45, 7) is 6.33. The number of amidine groups is 1. The molecule has 0 radical (unpaired) electrons. The molecule has 0 fully saturated rings. The number of hydrogen-bond donors (Lipinski definition) is 0. The van der Waals surface area contributed by atoms with E-state index in [9.17, 15) is 0 Å². The maximum absolute atomic E-state index is 4.60. The molecule has 0 N–H and O–H groups in total. The lowest BCUT2D eigenvalue weighted by Crippen LogP contribution is -2.30. The Kier molecular flexibility index (Phi) is 2.78. The minimum atomic E-state index is 0.282. The van der Waals surface area contributed by atoms with E-state index in [1.165, 1.54) is 16.8 Å². The molecule has 0 bridgehead atoms. The third kappa shape index (κ3) is 1.89. The average molecular weight is 256 g/mol. The van der Waals surface area contributed by atoms with Crippen molar-refractivity contribution in [1.82, 2.24) is 4.90 Å². The molecule has 0 aromatic heterocycles. The first-order valence-electron chi connectivity index (χ1n) is 6.11. The van der Waals surface area contributed by atoms with E-state index in [4.69, 9.17) is 0 Å². The molecule has 18 heavy (non-hydrogen) atoms. The molecule has 1 aromatic rings. The van der Waals surface area contributed by atoms with Gasteiger partial charge in [0, 0.05) is 11.4 Å². The zero-order valence-corrected chi connectivity index (χ0v) is 11.7. The minimum absolute atomic E-state index is 0.282. The summed E-state index contributed by atoms with van der Waals surface area (Å²) in [7, 11) is 0. The Morgan fingerprint density at radius 2 is 1.83 bits per heavy atom.